The van der Waals surface area contributed by atoms with Gasteiger partial charge in [-0.05, 0) is 37.8 Å². The van der Waals surface area contributed by atoms with Crippen LogP contribution in [-0.4, -0.2) is 13.6 Å². The van der Waals surface area contributed by atoms with Gasteiger partial charge in [-0.2, -0.15) is 0 Å². The van der Waals surface area contributed by atoms with E-state index in [1.807, 2.05) is 6.08 Å². The number of benzene rings is 1. The van der Waals surface area contributed by atoms with Gasteiger partial charge in [0.05, 0.1) is 6.61 Å². The molecule has 0 atom stereocenters. The van der Waals surface area contributed by atoms with Gasteiger partial charge in [-0.1, -0.05) is 18.2 Å². The molecule has 0 saturated heterocycles. The molecule has 1 aromatic rings. The molecule has 1 rings (SSSR count). The number of hydrogen-bond donors (Lipinski definition) is 0. The van der Waals surface area contributed by atoms with Gasteiger partial charge in [-0.25, -0.2) is 0 Å². The van der Waals surface area contributed by atoms with E-state index in [0.29, 0.717) is 6.61 Å². The molecule has 0 aliphatic heterocycles. The summed E-state index contributed by atoms with van der Waals surface area (Å²) >= 11 is 0. The third kappa shape index (κ3) is 5.30. The van der Waals surface area contributed by atoms with Crippen molar-refractivity contribution in [3.63, 3.8) is 0 Å². The van der Waals surface area contributed by atoms with Gasteiger partial charge in [-0.15, -0.1) is 12.0 Å². The zero-order valence-corrected chi connectivity index (χ0v) is 10.2. The van der Waals surface area contributed by atoms with Crippen LogP contribution in [0.25, 0.3) is 0 Å². The highest BCUT2D eigenvalue weighted by atomic mass is 19.4. The Morgan fingerprint density at radius 3 is 2.61 bits per heavy atom. The van der Waals surface area contributed by atoms with E-state index in [1.165, 1.54) is 6.07 Å². The highest BCUT2D eigenvalue weighted by Gasteiger charge is 2.25. The van der Waals surface area contributed by atoms with Crippen molar-refractivity contribution in [1.29, 1.82) is 0 Å². The molecule has 100 valence electrons. The number of hydrogen-bond acceptors (Lipinski definition) is 1. The van der Waals surface area contributed by atoms with E-state index in [9.17, 15) is 12.9 Å². The molecule has 0 N–H and O–H groups in total. The summed E-state index contributed by atoms with van der Waals surface area (Å²) in [5.41, 5.74) is -0.612. The SMILES string of the molecule is C=CCCCCCOc1cccc([B-](F)(F)F)c1. The summed E-state index contributed by atoms with van der Waals surface area (Å²) in [7, 11) is 0. The largest absolute Gasteiger partial charge is 0.509 e. The smallest absolute Gasteiger partial charge is 0.494 e. The number of rotatable bonds is 8. The Balaban J connectivity index is 2.36. The molecular weight excluding hydrogens is 240 g/mol. The number of allylic oxidation sites excluding steroid dienone is 1. The fraction of sp³-hybridized carbons (Fsp3) is 0.385. The van der Waals surface area contributed by atoms with Crippen molar-refractivity contribution in [3.05, 3.63) is 36.9 Å². The molecule has 0 aromatic heterocycles. The number of halogens is 3. The first-order valence-electron chi connectivity index (χ1n) is 6.07. The van der Waals surface area contributed by atoms with Crippen LogP contribution < -0.4 is 10.2 Å². The molecule has 18 heavy (non-hydrogen) atoms. The average Bonchev–Trinajstić information content (AvgIpc) is 2.33. The Bertz CT molecular complexity index is 377. The minimum absolute atomic E-state index is 0.287. The van der Waals surface area contributed by atoms with E-state index < -0.39 is 12.4 Å². The standard InChI is InChI=1S/C13H17BF3O/c1-2-3-4-5-6-10-18-13-9-7-8-12(11-13)14(15,16)17/h2,7-9,11H,1,3-6,10H2/q-1. The maximum absolute atomic E-state index is 12.5. The number of ether oxygens (including phenoxy) is 1. The third-order valence-corrected chi connectivity index (χ3v) is 2.56. The maximum atomic E-state index is 12.5. The van der Waals surface area contributed by atoms with Crippen LogP contribution in [0.15, 0.2) is 36.9 Å². The zero-order valence-electron chi connectivity index (χ0n) is 10.2. The highest BCUT2D eigenvalue weighted by molar-refractivity contribution is 6.73. The molecule has 0 radical (unpaired) electrons. The zero-order chi connectivity index (χ0) is 13.4. The van der Waals surface area contributed by atoms with Crippen LogP contribution in [0.4, 0.5) is 12.9 Å². The summed E-state index contributed by atoms with van der Waals surface area (Å²) in [6.45, 7) is -0.876. The van der Waals surface area contributed by atoms with Gasteiger partial charge in [0, 0.05) is 0 Å². The monoisotopic (exact) mass is 257 g/mol. The molecule has 0 fully saturated rings. The summed E-state index contributed by atoms with van der Waals surface area (Å²) in [5, 5.41) is 0. The first-order chi connectivity index (χ1) is 8.54. The third-order valence-electron chi connectivity index (χ3n) is 2.56. The van der Waals surface area contributed by atoms with Crippen LogP contribution in [0.3, 0.4) is 0 Å². The van der Waals surface area contributed by atoms with Gasteiger partial charge in [0.1, 0.15) is 5.75 Å². The summed E-state index contributed by atoms with van der Waals surface area (Å²) in [6.07, 6.45) is 5.70. The molecule has 0 heterocycles. The Kier molecular flexibility index (Phi) is 5.82. The maximum Gasteiger partial charge on any atom is 0.509 e. The summed E-state index contributed by atoms with van der Waals surface area (Å²) in [5.74, 6) is 0.287. The molecule has 1 nitrogen and oxygen atoms in total. The summed E-state index contributed by atoms with van der Waals surface area (Å²) < 4.78 is 42.8. The lowest BCUT2D eigenvalue weighted by molar-refractivity contribution is 0.305. The molecule has 0 aliphatic rings. The topological polar surface area (TPSA) is 9.23 Å². The van der Waals surface area contributed by atoms with Crippen LogP contribution in [0.1, 0.15) is 25.7 Å². The lowest BCUT2D eigenvalue weighted by Gasteiger charge is -2.16. The Morgan fingerprint density at radius 1 is 1.17 bits per heavy atom. The fourth-order valence-corrected chi connectivity index (χ4v) is 1.57. The van der Waals surface area contributed by atoms with Gasteiger partial charge in [0.2, 0.25) is 0 Å². The average molecular weight is 257 g/mol. The minimum atomic E-state index is -4.95. The van der Waals surface area contributed by atoms with Crippen molar-refractivity contribution in [3.8, 4) is 5.75 Å². The summed E-state index contributed by atoms with van der Waals surface area (Å²) in [4.78, 5) is 0. The molecule has 0 aliphatic carbocycles. The molecule has 5 heteroatoms. The molecule has 0 bridgehead atoms. The highest BCUT2D eigenvalue weighted by Crippen LogP contribution is 2.15. The Hall–Kier alpha value is -1.39. The molecular formula is C13H17BF3O-. The van der Waals surface area contributed by atoms with Crippen molar-refractivity contribution >= 4 is 12.4 Å². The molecule has 0 spiro atoms. The molecule has 0 unspecified atom stereocenters. The van der Waals surface area contributed by atoms with Crippen LogP contribution in [0, 0.1) is 0 Å². The minimum Gasteiger partial charge on any atom is -0.494 e. The predicted molar refractivity (Wildman–Crippen MR) is 69.3 cm³/mol. The van der Waals surface area contributed by atoms with Gasteiger partial charge < -0.3 is 17.7 Å². The van der Waals surface area contributed by atoms with Crippen LogP contribution in [0.2, 0.25) is 0 Å². The van der Waals surface area contributed by atoms with Gasteiger partial charge in [0.15, 0.2) is 0 Å². The van der Waals surface area contributed by atoms with Crippen molar-refractivity contribution in [2.45, 2.75) is 25.7 Å². The quantitative estimate of drug-likeness (QED) is 0.390. The van der Waals surface area contributed by atoms with Crippen molar-refractivity contribution in [2.24, 2.45) is 0 Å². The van der Waals surface area contributed by atoms with Gasteiger partial charge in [0.25, 0.3) is 0 Å². The van der Waals surface area contributed by atoms with E-state index in [4.69, 9.17) is 4.74 Å². The van der Waals surface area contributed by atoms with Gasteiger partial charge in [-0.3, -0.25) is 0 Å². The second-order valence-electron chi connectivity index (χ2n) is 4.13. The van der Waals surface area contributed by atoms with E-state index >= 15 is 0 Å². The van der Waals surface area contributed by atoms with Crippen LogP contribution in [0.5, 0.6) is 5.75 Å². The van der Waals surface area contributed by atoms with E-state index in [0.717, 1.165) is 37.8 Å². The molecule has 1 aromatic carbocycles. The normalized spacial score (nSPS) is 11.3. The summed E-state index contributed by atoms with van der Waals surface area (Å²) in [6, 6.07) is 5.05. The molecule has 0 amide bonds. The van der Waals surface area contributed by atoms with Crippen LogP contribution in [-0.2, 0) is 0 Å². The van der Waals surface area contributed by atoms with Gasteiger partial charge >= 0.3 is 6.98 Å². The second kappa shape index (κ2) is 7.14. The number of unbranched alkanes of at least 4 members (excludes halogenated alkanes) is 3. The van der Waals surface area contributed by atoms with E-state index in [2.05, 4.69) is 6.58 Å². The predicted octanol–water partition coefficient (Wildman–Crippen LogP) is 3.87. The van der Waals surface area contributed by atoms with Crippen molar-refractivity contribution in [2.75, 3.05) is 6.61 Å². The lowest BCUT2D eigenvalue weighted by Crippen LogP contribution is -2.33. The second-order valence-corrected chi connectivity index (χ2v) is 4.13. The first kappa shape index (κ1) is 14.7. The fourth-order valence-electron chi connectivity index (χ4n) is 1.57. The van der Waals surface area contributed by atoms with Crippen molar-refractivity contribution in [1.82, 2.24) is 0 Å². The molecule has 0 saturated carbocycles. The first-order valence-corrected chi connectivity index (χ1v) is 6.07. The van der Waals surface area contributed by atoms with E-state index in [1.54, 1.807) is 6.07 Å². The van der Waals surface area contributed by atoms with Crippen LogP contribution >= 0.6 is 0 Å². The lowest BCUT2D eigenvalue weighted by atomic mass is 9.80. The van der Waals surface area contributed by atoms with Crippen molar-refractivity contribution < 1.29 is 17.7 Å². The van der Waals surface area contributed by atoms with E-state index in [-0.39, 0.29) is 5.75 Å². The Morgan fingerprint density at radius 2 is 1.94 bits per heavy atom. The Labute approximate surface area is 106 Å².